The Kier molecular flexibility index (Phi) is 7.42. The molecule has 1 aromatic carbocycles. The van der Waals surface area contributed by atoms with Crippen LogP contribution < -0.4 is 10.6 Å². The van der Waals surface area contributed by atoms with Crippen molar-refractivity contribution in [2.45, 2.75) is 66.0 Å². The number of likely N-dealkylation sites (N-methyl/N-ethyl adjacent to an activating group) is 1. The molecule has 0 heterocycles. The maximum absolute atomic E-state index is 12.7. The smallest absolute Gasteiger partial charge is 0.238 e. The van der Waals surface area contributed by atoms with E-state index in [1.165, 1.54) is 12.8 Å². The van der Waals surface area contributed by atoms with Crippen LogP contribution in [0.3, 0.4) is 0 Å². The van der Waals surface area contributed by atoms with Gasteiger partial charge in [-0.25, -0.2) is 0 Å². The van der Waals surface area contributed by atoms with Gasteiger partial charge in [-0.15, -0.1) is 0 Å². The number of hydrogen-bond donors (Lipinski definition) is 2. The van der Waals surface area contributed by atoms with Crippen molar-refractivity contribution in [2.24, 2.45) is 11.8 Å². The molecule has 0 unspecified atom stereocenters. The Bertz CT molecular complexity index is 674. The van der Waals surface area contributed by atoms with Gasteiger partial charge >= 0.3 is 0 Å². The van der Waals surface area contributed by atoms with Crippen LogP contribution in [-0.2, 0) is 9.59 Å². The Hall–Kier alpha value is -1.88. The first kappa shape index (κ1) is 21.4. The van der Waals surface area contributed by atoms with Crippen molar-refractivity contribution in [3.63, 3.8) is 0 Å². The third-order valence-electron chi connectivity index (χ3n) is 6.35. The molecule has 2 amide bonds. The highest BCUT2D eigenvalue weighted by Crippen LogP contribution is 2.29. The van der Waals surface area contributed by atoms with Crippen LogP contribution in [0.5, 0.6) is 0 Å². The molecule has 5 nitrogen and oxygen atoms in total. The minimum absolute atomic E-state index is 0.00276. The predicted molar refractivity (Wildman–Crippen MR) is 111 cm³/mol. The number of hydrogen-bond acceptors (Lipinski definition) is 3. The lowest BCUT2D eigenvalue weighted by Gasteiger charge is -2.36. The van der Waals surface area contributed by atoms with Crippen LogP contribution >= 0.6 is 0 Å². The molecule has 0 saturated heterocycles. The number of nitrogens with one attached hydrogen (secondary N) is 2. The maximum atomic E-state index is 12.7. The summed E-state index contributed by atoms with van der Waals surface area (Å²) in [7, 11) is 1.82. The van der Waals surface area contributed by atoms with Crippen LogP contribution in [-0.4, -0.2) is 42.4 Å². The molecule has 4 atom stereocenters. The standard InChI is InChI=1S/C22H35N3O2/c1-14-9-7-11-19(16(14)3)23-21(26)13-25(6)18(5)22(27)24-20-12-8-10-15(2)17(20)4/h7,9,11,15,17-18,20H,8,10,12-13H2,1-6H3,(H,23,26)(H,24,27)/t15-,17-,18-,20+/m0/s1. The van der Waals surface area contributed by atoms with E-state index in [9.17, 15) is 9.59 Å². The van der Waals surface area contributed by atoms with Crippen molar-refractivity contribution in [1.29, 1.82) is 0 Å². The van der Waals surface area contributed by atoms with E-state index < -0.39 is 0 Å². The minimum atomic E-state index is -0.348. The first-order valence-corrected chi connectivity index (χ1v) is 10.1. The molecule has 1 fully saturated rings. The molecule has 1 aromatic rings. The number of carbonyl (C=O) groups excluding carboxylic acids is 2. The van der Waals surface area contributed by atoms with E-state index in [1.54, 1.807) is 4.90 Å². The molecule has 0 bridgehead atoms. The molecule has 2 N–H and O–H groups in total. The van der Waals surface area contributed by atoms with E-state index in [2.05, 4.69) is 24.5 Å². The van der Waals surface area contributed by atoms with Crippen molar-refractivity contribution in [1.82, 2.24) is 10.2 Å². The Morgan fingerprint density at radius 2 is 1.93 bits per heavy atom. The van der Waals surface area contributed by atoms with E-state index in [-0.39, 0.29) is 30.4 Å². The third kappa shape index (κ3) is 5.55. The van der Waals surface area contributed by atoms with Gasteiger partial charge in [-0.3, -0.25) is 14.5 Å². The van der Waals surface area contributed by atoms with Gasteiger partial charge in [-0.2, -0.15) is 0 Å². The molecule has 5 heteroatoms. The van der Waals surface area contributed by atoms with Crippen LogP contribution in [0.4, 0.5) is 5.69 Å². The van der Waals surface area contributed by atoms with Crippen LogP contribution in [0.2, 0.25) is 0 Å². The van der Waals surface area contributed by atoms with Crippen LogP contribution in [0.15, 0.2) is 18.2 Å². The minimum Gasteiger partial charge on any atom is -0.352 e. The molecule has 27 heavy (non-hydrogen) atoms. The Labute approximate surface area is 163 Å². The van der Waals surface area contributed by atoms with Crippen molar-refractivity contribution in [3.05, 3.63) is 29.3 Å². The molecule has 0 aromatic heterocycles. The Morgan fingerprint density at radius 1 is 1.22 bits per heavy atom. The average Bonchev–Trinajstić information content (AvgIpc) is 2.62. The first-order chi connectivity index (χ1) is 12.7. The van der Waals surface area contributed by atoms with Crippen LogP contribution in [0, 0.1) is 25.7 Å². The lowest BCUT2D eigenvalue weighted by Crippen LogP contribution is -2.51. The number of amides is 2. The van der Waals surface area contributed by atoms with E-state index in [1.807, 2.05) is 46.0 Å². The lowest BCUT2D eigenvalue weighted by molar-refractivity contribution is -0.127. The van der Waals surface area contributed by atoms with E-state index >= 15 is 0 Å². The molecular formula is C22H35N3O2. The van der Waals surface area contributed by atoms with Crippen LogP contribution in [0.1, 0.15) is 51.2 Å². The van der Waals surface area contributed by atoms with Gasteiger partial charge in [0.2, 0.25) is 11.8 Å². The number of nitrogens with zero attached hydrogens (tertiary/aromatic N) is 1. The number of carbonyl (C=O) groups is 2. The molecule has 2 rings (SSSR count). The van der Waals surface area contributed by atoms with Crippen molar-refractivity contribution < 1.29 is 9.59 Å². The third-order valence-corrected chi connectivity index (χ3v) is 6.35. The Balaban J connectivity index is 1.88. The summed E-state index contributed by atoms with van der Waals surface area (Å²) in [5.41, 5.74) is 3.04. The molecule has 0 radical (unpaired) electrons. The van der Waals surface area contributed by atoms with E-state index in [0.29, 0.717) is 11.8 Å². The van der Waals surface area contributed by atoms with Gasteiger partial charge in [0.1, 0.15) is 0 Å². The molecule has 0 aliphatic heterocycles. The SMILES string of the molecule is Cc1cccc(NC(=O)CN(C)[C@@H](C)C(=O)N[C@@H]2CCC[C@H](C)[C@@H]2C)c1C. The second-order valence-electron chi connectivity index (χ2n) is 8.27. The summed E-state index contributed by atoms with van der Waals surface area (Å²) in [6.07, 6.45) is 3.45. The zero-order valence-electron chi connectivity index (χ0n) is 17.6. The molecular weight excluding hydrogens is 338 g/mol. The number of anilines is 1. The second-order valence-corrected chi connectivity index (χ2v) is 8.27. The van der Waals surface area contributed by atoms with E-state index in [4.69, 9.17) is 0 Å². The number of aryl methyl sites for hydroxylation is 1. The molecule has 150 valence electrons. The highest BCUT2D eigenvalue weighted by atomic mass is 16.2. The van der Waals surface area contributed by atoms with Crippen molar-refractivity contribution >= 4 is 17.5 Å². The normalized spacial score (nSPS) is 23.7. The summed E-state index contributed by atoms with van der Waals surface area (Å²) in [6.45, 7) is 10.5. The van der Waals surface area contributed by atoms with Gasteiger partial charge in [0.15, 0.2) is 0 Å². The predicted octanol–water partition coefficient (Wildman–Crippen LogP) is 3.50. The van der Waals surface area contributed by atoms with Gasteiger partial charge in [0, 0.05) is 11.7 Å². The Morgan fingerprint density at radius 3 is 2.63 bits per heavy atom. The largest absolute Gasteiger partial charge is 0.352 e. The summed E-state index contributed by atoms with van der Waals surface area (Å²) >= 11 is 0. The van der Waals surface area contributed by atoms with Gasteiger partial charge < -0.3 is 10.6 Å². The zero-order chi connectivity index (χ0) is 20.1. The summed E-state index contributed by atoms with van der Waals surface area (Å²) in [4.78, 5) is 26.9. The molecule has 1 aliphatic carbocycles. The first-order valence-electron chi connectivity index (χ1n) is 10.1. The van der Waals surface area contributed by atoms with Gasteiger partial charge in [0.25, 0.3) is 0 Å². The number of benzene rings is 1. The topological polar surface area (TPSA) is 61.4 Å². The van der Waals surface area contributed by atoms with E-state index in [0.717, 1.165) is 23.2 Å². The second kappa shape index (κ2) is 9.36. The highest BCUT2D eigenvalue weighted by Gasteiger charge is 2.30. The van der Waals surface area contributed by atoms with Gasteiger partial charge in [0.05, 0.1) is 12.6 Å². The monoisotopic (exact) mass is 373 g/mol. The summed E-state index contributed by atoms with van der Waals surface area (Å²) in [5, 5.41) is 6.16. The lowest BCUT2D eigenvalue weighted by atomic mass is 9.78. The van der Waals surface area contributed by atoms with Crippen molar-refractivity contribution in [2.75, 3.05) is 18.9 Å². The van der Waals surface area contributed by atoms with Crippen LogP contribution in [0.25, 0.3) is 0 Å². The number of rotatable bonds is 6. The summed E-state index contributed by atoms with van der Waals surface area (Å²) in [5.74, 6) is 1.03. The quantitative estimate of drug-likeness (QED) is 0.802. The van der Waals surface area contributed by atoms with Gasteiger partial charge in [-0.1, -0.05) is 38.8 Å². The highest BCUT2D eigenvalue weighted by molar-refractivity contribution is 5.93. The zero-order valence-corrected chi connectivity index (χ0v) is 17.6. The average molecular weight is 374 g/mol. The fourth-order valence-corrected chi connectivity index (χ4v) is 3.73. The molecule has 0 spiro atoms. The maximum Gasteiger partial charge on any atom is 0.238 e. The summed E-state index contributed by atoms with van der Waals surface area (Å²) in [6, 6.07) is 5.75. The fourth-order valence-electron chi connectivity index (χ4n) is 3.73. The fraction of sp³-hybridized carbons (Fsp3) is 0.636. The van der Waals surface area contributed by atoms with Gasteiger partial charge in [-0.05, 0) is 63.3 Å². The summed E-state index contributed by atoms with van der Waals surface area (Å²) < 4.78 is 0. The molecule has 1 aliphatic rings. The molecule has 1 saturated carbocycles. The van der Waals surface area contributed by atoms with Crippen molar-refractivity contribution in [3.8, 4) is 0 Å².